The number of alkyl carbamates (subject to hydrolysis) is 1. The third kappa shape index (κ3) is 2.07. The minimum Gasteiger partial charge on any atom is -0.489 e. The maximum absolute atomic E-state index is 11.0. The van der Waals surface area contributed by atoms with Crippen LogP contribution in [0.5, 0.6) is 5.75 Å². The number of carbonyl (C=O) groups is 1. The first kappa shape index (κ1) is 10.3. The zero-order chi connectivity index (χ0) is 10.8. The van der Waals surface area contributed by atoms with Gasteiger partial charge in [-0.25, -0.2) is 4.79 Å². The molecular weight excluding hydrogens is 262 g/mol. The standard InChI is InChI=1S/C10H10BrNO3/c1-12-10(13)15-9-5-14-8-4-6(11)2-3-7(8)9/h2-4,9H,5H2,1H3,(H,12,13)/t9-/m1/s1. The summed E-state index contributed by atoms with van der Waals surface area (Å²) in [6, 6.07) is 5.65. The third-order valence-corrected chi connectivity index (χ3v) is 2.66. The highest BCUT2D eigenvalue weighted by atomic mass is 79.9. The molecule has 0 fully saturated rings. The fourth-order valence-electron chi connectivity index (χ4n) is 1.44. The lowest BCUT2D eigenvalue weighted by Crippen LogP contribution is -2.22. The Morgan fingerprint density at radius 2 is 2.47 bits per heavy atom. The highest BCUT2D eigenvalue weighted by Crippen LogP contribution is 2.36. The van der Waals surface area contributed by atoms with Gasteiger partial charge >= 0.3 is 6.09 Å². The van der Waals surface area contributed by atoms with Crippen molar-refractivity contribution in [2.24, 2.45) is 0 Å². The highest BCUT2D eigenvalue weighted by Gasteiger charge is 2.27. The molecule has 1 aliphatic heterocycles. The molecule has 4 nitrogen and oxygen atoms in total. The second kappa shape index (κ2) is 4.10. The molecule has 5 heteroatoms. The fourth-order valence-corrected chi connectivity index (χ4v) is 1.78. The van der Waals surface area contributed by atoms with Gasteiger partial charge in [-0.15, -0.1) is 0 Å². The predicted octanol–water partition coefficient (Wildman–Crippen LogP) is 2.24. The number of nitrogens with one attached hydrogen (secondary N) is 1. The van der Waals surface area contributed by atoms with Gasteiger partial charge in [0.1, 0.15) is 12.4 Å². The van der Waals surface area contributed by atoms with Gasteiger partial charge in [0.05, 0.1) is 0 Å². The number of hydrogen-bond acceptors (Lipinski definition) is 3. The van der Waals surface area contributed by atoms with Crippen LogP contribution < -0.4 is 10.1 Å². The van der Waals surface area contributed by atoms with Crippen molar-refractivity contribution in [3.63, 3.8) is 0 Å². The molecule has 80 valence electrons. The maximum atomic E-state index is 11.0. The first-order valence-electron chi connectivity index (χ1n) is 4.51. The molecule has 0 spiro atoms. The van der Waals surface area contributed by atoms with E-state index in [4.69, 9.17) is 9.47 Å². The van der Waals surface area contributed by atoms with Gasteiger partial charge in [0, 0.05) is 17.1 Å². The summed E-state index contributed by atoms with van der Waals surface area (Å²) in [6.45, 7) is 0.374. The van der Waals surface area contributed by atoms with Gasteiger partial charge in [0.2, 0.25) is 0 Å². The summed E-state index contributed by atoms with van der Waals surface area (Å²) < 4.78 is 11.5. The van der Waals surface area contributed by atoms with E-state index in [2.05, 4.69) is 21.2 Å². The SMILES string of the molecule is CNC(=O)O[C@@H]1COc2cc(Br)ccc21. The smallest absolute Gasteiger partial charge is 0.407 e. The van der Waals surface area contributed by atoms with Crippen molar-refractivity contribution >= 4 is 22.0 Å². The average Bonchev–Trinajstić information content (AvgIpc) is 2.60. The van der Waals surface area contributed by atoms with Crippen LogP contribution in [0, 0.1) is 0 Å². The Hall–Kier alpha value is -1.23. The Labute approximate surface area is 95.7 Å². The Morgan fingerprint density at radius 1 is 1.67 bits per heavy atom. The largest absolute Gasteiger partial charge is 0.489 e. The minimum absolute atomic E-state index is 0.312. The van der Waals surface area contributed by atoms with Crippen molar-refractivity contribution in [1.29, 1.82) is 0 Å². The Balaban J connectivity index is 2.18. The first-order chi connectivity index (χ1) is 7.20. The van der Waals surface area contributed by atoms with Gasteiger partial charge in [0.15, 0.2) is 6.10 Å². The number of benzene rings is 1. The average molecular weight is 272 g/mol. The molecule has 1 aromatic carbocycles. The summed E-state index contributed by atoms with van der Waals surface area (Å²) in [6.07, 6.45) is -0.757. The molecule has 1 atom stereocenters. The van der Waals surface area contributed by atoms with Gasteiger partial charge in [-0.05, 0) is 12.1 Å². The molecule has 15 heavy (non-hydrogen) atoms. The highest BCUT2D eigenvalue weighted by molar-refractivity contribution is 9.10. The summed E-state index contributed by atoms with van der Waals surface area (Å²) in [5.74, 6) is 0.762. The van der Waals surface area contributed by atoms with E-state index in [1.165, 1.54) is 7.05 Å². The Bertz CT molecular complexity index is 394. The van der Waals surface area contributed by atoms with E-state index in [0.717, 1.165) is 15.8 Å². The van der Waals surface area contributed by atoms with E-state index in [9.17, 15) is 4.79 Å². The van der Waals surface area contributed by atoms with Crippen molar-refractivity contribution in [3.05, 3.63) is 28.2 Å². The molecule has 0 saturated heterocycles. The van der Waals surface area contributed by atoms with Gasteiger partial charge in [-0.2, -0.15) is 0 Å². The van der Waals surface area contributed by atoms with Crippen LogP contribution in [0.4, 0.5) is 4.79 Å². The van der Waals surface area contributed by atoms with E-state index in [1.807, 2.05) is 18.2 Å². The summed E-state index contributed by atoms with van der Waals surface area (Å²) >= 11 is 3.35. The molecule has 2 rings (SSSR count). The van der Waals surface area contributed by atoms with Crippen molar-refractivity contribution in [2.45, 2.75) is 6.10 Å². The lowest BCUT2D eigenvalue weighted by atomic mass is 10.1. The van der Waals surface area contributed by atoms with E-state index in [1.54, 1.807) is 0 Å². The molecule has 1 aromatic rings. The third-order valence-electron chi connectivity index (χ3n) is 2.17. The van der Waals surface area contributed by atoms with E-state index in [0.29, 0.717) is 6.61 Å². The first-order valence-corrected chi connectivity index (χ1v) is 5.30. The molecule has 0 aromatic heterocycles. The number of ether oxygens (including phenoxy) is 2. The van der Waals surface area contributed by atoms with Crippen LogP contribution >= 0.6 is 15.9 Å². The molecule has 0 aliphatic carbocycles. The summed E-state index contributed by atoms with van der Waals surface area (Å²) in [4.78, 5) is 11.0. The Kier molecular flexibility index (Phi) is 2.81. The van der Waals surface area contributed by atoms with E-state index >= 15 is 0 Å². The topological polar surface area (TPSA) is 47.6 Å². The normalized spacial score (nSPS) is 17.9. The second-order valence-electron chi connectivity index (χ2n) is 3.14. The van der Waals surface area contributed by atoms with Gasteiger partial charge < -0.3 is 14.8 Å². The van der Waals surface area contributed by atoms with Crippen LogP contribution in [0.2, 0.25) is 0 Å². The molecule has 1 amide bonds. The van der Waals surface area contributed by atoms with Crippen LogP contribution in [-0.2, 0) is 4.74 Å². The molecule has 0 radical (unpaired) electrons. The second-order valence-corrected chi connectivity index (χ2v) is 4.05. The quantitative estimate of drug-likeness (QED) is 0.852. The molecular formula is C10H10BrNO3. The molecule has 0 saturated carbocycles. The van der Waals surface area contributed by atoms with Gasteiger partial charge in [-0.3, -0.25) is 0 Å². The number of hydrogen-bond donors (Lipinski definition) is 1. The molecule has 0 unspecified atom stereocenters. The summed E-state index contributed by atoms with van der Waals surface area (Å²) in [7, 11) is 1.53. The van der Waals surface area contributed by atoms with Crippen LogP contribution in [0.3, 0.4) is 0 Å². The van der Waals surface area contributed by atoms with E-state index < -0.39 is 6.09 Å². The fraction of sp³-hybridized carbons (Fsp3) is 0.300. The van der Waals surface area contributed by atoms with Crippen LogP contribution in [0.15, 0.2) is 22.7 Å². The zero-order valence-corrected chi connectivity index (χ0v) is 9.71. The lowest BCUT2D eigenvalue weighted by Gasteiger charge is -2.09. The van der Waals surface area contributed by atoms with Gasteiger partial charge in [-0.1, -0.05) is 22.0 Å². The Morgan fingerprint density at radius 3 is 3.20 bits per heavy atom. The van der Waals surface area contributed by atoms with Crippen molar-refractivity contribution < 1.29 is 14.3 Å². The van der Waals surface area contributed by atoms with Crippen LogP contribution in [0.1, 0.15) is 11.7 Å². The van der Waals surface area contributed by atoms with Crippen molar-refractivity contribution in [2.75, 3.05) is 13.7 Å². The number of halogens is 1. The van der Waals surface area contributed by atoms with Gasteiger partial charge in [0.25, 0.3) is 0 Å². The monoisotopic (exact) mass is 271 g/mol. The van der Waals surface area contributed by atoms with Crippen molar-refractivity contribution in [1.82, 2.24) is 5.32 Å². The number of fused-ring (bicyclic) bond motifs is 1. The summed E-state index contributed by atoms with van der Waals surface area (Å²) in [5.41, 5.74) is 0.904. The van der Waals surface area contributed by atoms with E-state index in [-0.39, 0.29) is 6.10 Å². The molecule has 1 N–H and O–H groups in total. The van der Waals surface area contributed by atoms with Crippen LogP contribution in [-0.4, -0.2) is 19.7 Å². The summed E-state index contributed by atoms with van der Waals surface area (Å²) in [5, 5.41) is 2.41. The van der Waals surface area contributed by atoms with Crippen LogP contribution in [0.25, 0.3) is 0 Å². The number of rotatable bonds is 1. The van der Waals surface area contributed by atoms with Crippen molar-refractivity contribution in [3.8, 4) is 5.75 Å². The molecule has 1 heterocycles. The molecule has 1 aliphatic rings. The maximum Gasteiger partial charge on any atom is 0.407 e. The number of amides is 1. The lowest BCUT2D eigenvalue weighted by molar-refractivity contribution is 0.0845. The predicted molar refractivity (Wildman–Crippen MR) is 57.9 cm³/mol. The molecule has 0 bridgehead atoms. The number of carbonyl (C=O) groups excluding carboxylic acids is 1. The zero-order valence-electron chi connectivity index (χ0n) is 8.12. The minimum atomic E-state index is -0.445.